The van der Waals surface area contributed by atoms with Gasteiger partial charge in [0.2, 0.25) is 5.88 Å². The van der Waals surface area contributed by atoms with E-state index in [0.717, 1.165) is 8.95 Å². The lowest BCUT2D eigenvalue weighted by Gasteiger charge is -2.02. The third-order valence-electron chi connectivity index (χ3n) is 1.07. The van der Waals surface area contributed by atoms with Gasteiger partial charge in [-0.2, -0.15) is 0 Å². The summed E-state index contributed by atoms with van der Waals surface area (Å²) in [5.74, 6) is 2.87. The molecule has 1 rings (SSSR count). The van der Waals surface area contributed by atoms with Crippen molar-refractivity contribution in [3.8, 4) is 18.2 Å². The maximum absolute atomic E-state index is 5.13. The Bertz CT molecular complexity index is 319. The molecule has 0 spiro atoms. The standard InChI is InChI=1S/C8H5Br2NO/c1-2-3-12-8-7(10)4-6(9)5-11-8/h1,4-5H,3H2. The van der Waals surface area contributed by atoms with Crippen LogP contribution in [0.25, 0.3) is 0 Å². The highest BCUT2D eigenvalue weighted by atomic mass is 79.9. The third kappa shape index (κ3) is 2.50. The van der Waals surface area contributed by atoms with Crippen LogP contribution in [-0.4, -0.2) is 11.6 Å². The quantitative estimate of drug-likeness (QED) is 0.781. The zero-order valence-corrected chi connectivity index (χ0v) is 9.22. The highest BCUT2D eigenvalue weighted by Crippen LogP contribution is 2.24. The average molecular weight is 291 g/mol. The van der Waals surface area contributed by atoms with Crippen molar-refractivity contribution in [2.24, 2.45) is 0 Å². The van der Waals surface area contributed by atoms with E-state index in [0.29, 0.717) is 5.88 Å². The Balaban J connectivity index is 2.81. The minimum atomic E-state index is 0.229. The van der Waals surface area contributed by atoms with E-state index in [4.69, 9.17) is 11.2 Å². The molecule has 2 nitrogen and oxygen atoms in total. The Hall–Kier alpha value is -0.530. The van der Waals surface area contributed by atoms with E-state index in [-0.39, 0.29) is 6.61 Å². The smallest absolute Gasteiger partial charge is 0.228 e. The summed E-state index contributed by atoms with van der Waals surface area (Å²) in [5.41, 5.74) is 0. The van der Waals surface area contributed by atoms with Gasteiger partial charge in [-0.05, 0) is 37.9 Å². The first-order chi connectivity index (χ1) is 5.74. The summed E-state index contributed by atoms with van der Waals surface area (Å²) >= 11 is 6.57. The van der Waals surface area contributed by atoms with Crippen molar-refractivity contribution in [1.82, 2.24) is 4.98 Å². The van der Waals surface area contributed by atoms with Gasteiger partial charge in [0.15, 0.2) is 6.61 Å². The Morgan fingerprint density at radius 2 is 2.33 bits per heavy atom. The van der Waals surface area contributed by atoms with Crippen LogP contribution in [0.1, 0.15) is 0 Å². The molecule has 1 aromatic heterocycles. The van der Waals surface area contributed by atoms with Crippen molar-refractivity contribution in [2.75, 3.05) is 6.61 Å². The molecular weight excluding hydrogens is 286 g/mol. The monoisotopic (exact) mass is 289 g/mol. The van der Waals surface area contributed by atoms with Crippen LogP contribution in [0.15, 0.2) is 21.2 Å². The number of nitrogens with zero attached hydrogens (tertiary/aromatic N) is 1. The number of ether oxygens (including phenoxy) is 1. The second-order valence-electron chi connectivity index (χ2n) is 1.93. The lowest BCUT2D eigenvalue weighted by molar-refractivity contribution is 0.353. The molecule has 1 heterocycles. The number of halogens is 2. The van der Waals surface area contributed by atoms with Crippen LogP contribution in [0.3, 0.4) is 0 Å². The zero-order valence-electron chi connectivity index (χ0n) is 6.05. The molecule has 0 fully saturated rings. The largest absolute Gasteiger partial charge is 0.464 e. The summed E-state index contributed by atoms with van der Waals surface area (Å²) < 4.78 is 6.80. The fourth-order valence-corrected chi connectivity index (χ4v) is 1.72. The van der Waals surface area contributed by atoms with Gasteiger partial charge in [0.05, 0.1) is 4.47 Å². The van der Waals surface area contributed by atoms with E-state index in [9.17, 15) is 0 Å². The topological polar surface area (TPSA) is 22.1 Å². The van der Waals surface area contributed by atoms with Gasteiger partial charge in [-0.3, -0.25) is 0 Å². The van der Waals surface area contributed by atoms with Gasteiger partial charge in [-0.25, -0.2) is 4.98 Å². The molecule has 12 heavy (non-hydrogen) atoms. The average Bonchev–Trinajstić information content (AvgIpc) is 2.03. The number of hydrogen-bond donors (Lipinski definition) is 0. The van der Waals surface area contributed by atoms with Gasteiger partial charge in [-0.15, -0.1) is 6.42 Å². The van der Waals surface area contributed by atoms with Crippen LogP contribution < -0.4 is 4.74 Å². The third-order valence-corrected chi connectivity index (χ3v) is 2.07. The Labute approximate surface area is 87.6 Å². The molecule has 62 valence electrons. The summed E-state index contributed by atoms with van der Waals surface area (Å²) in [6.45, 7) is 0.229. The van der Waals surface area contributed by atoms with Gasteiger partial charge in [0, 0.05) is 10.7 Å². The van der Waals surface area contributed by atoms with Gasteiger partial charge in [-0.1, -0.05) is 5.92 Å². The van der Waals surface area contributed by atoms with Crippen LogP contribution in [-0.2, 0) is 0 Å². The van der Waals surface area contributed by atoms with Gasteiger partial charge < -0.3 is 4.74 Å². The van der Waals surface area contributed by atoms with Crippen molar-refractivity contribution < 1.29 is 4.74 Å². The van der Waals surface area contributed by atoms with Crippen molar-refractivity contribution in [1.29, 1.82) is 0 Å². The van der Waals surface area contributed by atoms with Crippen LogP contribution in [0.4, 0.5) is 0 Å². The molecule has 0 aliphatic rings. The molecule has 0 amide bonds. The Kier molecular flexibility index (Phi) is 3.57. The predicted molar refractivity (Wildman–Crippen MR) is 54.0 cm³/mol. The number of rotatable bonds is 2. The highest BCUT2D eigenvalue weighted by Gasteiger charge is 2.01. The number of aromatic nitrogens is 1. The van der Waals surface area contributed by atoms with E-state index in [1.807, 2.05) is 6.07 Å². The first-order valence-electron chi connectivity index (χ1n) is 3.11. The van der Waals surface area contributed by atoms with Gasteiger partial charge in [0.1, 0.15) is 0 Å². The maximum atomic E-state index is 5.13. The van der Waals surface area contributed by atoms with Crippen molar-refractivity contribution in [3.63, 3.8) is 0 Å². The fourth-order valence-electron chi connectivity index (χ4n) is 0.618. The van der Waals surface area contributed by atoms with E-state index in [1.54, 1.807) is 6.20 Å². The molecule has 0 aliphatic heterocycles. The van der Waals surface area contributed by atoms with Gasteiger partial charge >= 0.3 is 0 Å². The second kappa shape index (κ2) is 4.48. The SMILES string of the molecule is C#CCOc1ncc(Br)cc1Br. The van der Waals surface area contributed by atoms with Crippen LogP contribution in [0.5, 0.6) is 5.88 Å². The normalized spacial score (nSPS) is 9.08. The lowest BCUT2D eigenvalue weighted by atomic mass is 10.5. The molecular formula is C8H5Br2NO. The predicted octanol–water partition coefficient (Wildman–Crippen LogP) is 2.62. The fraction of sp³-hybridized carbons (Fsp3) is 0.125. The van der Waals surface area contributed by atoms with Crippen molar-refractivity contribution in [2.45, 2.75) is 0 Å². The summed E-state index contributed by atoms with van der Waals surface area (Å²) in [4.78, 5) is 4.00. The van der Waals surface area contributed by atoms with Gasteiger partial charge in [0.25, 0.3) is 0 Å². The molecule has 0 saturated heterocycles. The molecule has 0 atom stereocenters. The number of pyridine rings is 1. The molecule has 0 unspecified atom stereocenters. The Morgan fingerprint density at radius 3 is 2.92 bits per heavy atom. The second-order valence-corrected chi connectivity index (χ2v) is 3.70. The molecule has 0 saturated carbocycles. The van der Waals surface area contributed by atoms with E-state index in [1.165, 1.54) is 0 Å². The maximum Gasteiger partial charge on any atom is 0.228 e. The molecule has 0 radical (unpaired) electrons. The molecule has 0 N–H and O–H groups in total. The lowest BCUT2D eigenvalue weighted by Crippen LogP contribution is -1.96. The van der Waals surface area contributed by atoms with E-state index < -0.39 is 0 Å². The van der Waals surface area contributed by atoms with Crippen molar-refractivity contribution in [3.05, 3.63) is 21.2 Å². The summed E-state index contributed by atoms with van der Waals surface area (Å²) in [6, 6.07) is 1.85. The van der Waals surface area contributed by atoms with Crippen LogP contribution in [0, 0.1) is 12.3 Å². The van der Waals surface area contributed by atoms with Crippen LogP contribution >= 0.6 is 31.9 Å². The number of hydrogen-bond acceptors (Lipinski definition) is 2. The van der Waals surface area contributed by atoms with Crippen molar-refractivity contribution >= 4 is 31.9 Å². The summed E-state index contributed by atoms with van der Waals surface area (Å²) in [5, 5.41) is 0. The molecule has 4 heteroatoms. The first-order valence-corrected chi connectivity index (χ1v) is 4.70. The molecule has 0 aliphatic carbocycles. The molecule has 0 aromatic carbocycles. The molecule has 1 aromatic rings. The number of terminal acetylenes is 1. The zero-order chi connectivity index (χ0) is 8.97. The van der Waals surface area contributed by atoms with E-state index >= 15 is 0 Å². The van der Waals surface area contributed by atoms with E-state index in [2.05, 4.69) is 42.8 Å². The minimum absolute atomic E-state index is 0.229. The molecule has 0 bridgehead atoms. The minimum Gasteiger partial charge on any atom is -0.464 e. The highest BCUT2D eigenvalue weighted by molar-refractivity contribution is 9.11. The summed E-state index contributed by atoms with van der Waals surface area (Å²) in [6.07, 6.45) is 6.68. The Morgan fingerprint density at radius 1 is 1.58 bits per heavy atom. The summed E-state index contributed by atoms with van der Waals surface area (Å²) in [7, 11) is 0. The van der Waals surface area contributed by atoms with Crippen LogP contribution in [0.2, 0.25) is 0 Å². The first kappa shape index (κ1) is 9.56.